The standard InChI is InChI=1S/C14H20N2OS/c1-11(2)16(8-5-9-17)13-6-4-7-14(18-3)12(13)10-15/h4,6-7,11,17H,5,8-9H2,1-3H3. The molecular formula is C14H20N2OS. The first-order valence-electron chi connectivity index (χ1n) is 6.10. The number of anilines is 1. The Kier molecular flexibility index (Phi) is 6.03. The molecule has 0 heterocycles. The molecule has 0 radical (unpaired) electrons. The SMILES string of the molecule is CSc1cccc(N(CCCO)C(C)C)c1C#N. The first-order valence-corrected chi connectivity index (χ1v) is 7.32. The highest BCUT2D eigenvalue weighted by atomic mass is 32.2. The van der Waals surface area contributed by atoms with E-state index in [1.807, 2.05) is 24.5 Å². The monoisotopic (exact) mass is 264 g/mol. The summed E-state index contributed by atoms with van der Waals surface area (Å²) in [4.78, 5) is 3.18. The van der Waals surface area contributed by atoms with Gasteiger partial charge in [-0.05, 0) is 38.7 Å². The van der Waals surface area contributed by atoms with Crippen molar-refractivity contribution in [2.45, 2.75) is 31.2 Å². The number of rotatable bonds is 6. The van der Waals surface area contributed by atoms with E-state index in [4.69, 9.17) is 5.11 Å². The largest absolute Gasteiger partial charge is 0.396 e. The smallest absolute Gasteiger partial charge is 0.103 e. The van der Waals surface area contributed by atoms with Crippen LogP contribution < -0.4 is 4.90 Å². The summed E-state index contributed by atoms with van der Waals surface area (Å²) in [6, 6.07) is 8.54. The lowest BCUT2D eigenvalue weighted by Crippen LogP contribution is -2.32. The highest BCUT2D eigenvalue weighted by molar-refractivity contribution is 7.98. The lowest BCUT2D eigenvalue weighted by molar-refractivity contribution is 0.288. The summed E-state index contributed by atoms with van der Waals surface area (Å²) in [5.74, 6) is 0. The molecule has 1 rings (SSSR count). The minimum absolute atomic E-state index is 0.174. The molecular weight excluding hydrogens is 244 g/mol. The molecule has 0 unspecified atom stereocenters. The average Bonchev–Trinajstić information content (AvgIpc) is 2.38. The van der Waals surface area contributed by atoms with Gasteiger partial charge in [-0.15, -0.1) is 11.8 Å². The van der Waals surface area contributed by atoms with Crippen LogP contribution in [0.3, 0.4) is 0 Å². The normalized spacial score (nSPS) is 10.4. The van der Waals surface area contributed by atoms with Gasteiger partial charge in [-0.1, -0.05) is 6.07 Å². The van der Waals surface area contributed by atoms with Crippen LogP contribution in [0.5, 0.6) is 0 Å². The number of benzene rings is 1. The zero-order valence-corrected chi connectivity index (χ0v) is 12.0. The molecule has 1 aromatic rings. The fourth-order valence-corrected chi connectivity index (χ4v) is 2.51. The predicted octanol–water partition coefficient (Wildman–Crippen LogP) is 2.88. The third kappa shape index (κ3) is 3.41. The zero-order valence-electron chi connectivity index (χ0n) is 11.2. The van der Waals surface area contributed by atoms with Crippen LogP contribution in [0.1, 0.15) is 25.8 Å². The first-order chi connectivity index (χ1) is 8.65. The molecule has 0 spiro atoms. The Morgan fingerprint density at radius 3 is 2.67 bits per heavy atom. The van der Waals surface area contributed by atoms with E-state index < -0.39 is 0 Å². The van der Waals surface area contributed by atoms with Gasteiger partial charge < -0.3 is 10.0 Å². The second-order valence-electron chi connectivity index (χ2n) is 4.33. The molecule has 4 heteroatoms. The average molecular weight is 264 g/mol. The zero-order chi connectivity index (χ0) is 13.5. The number of nitrogens with zero attached hydrogens (tertiary/aromatic N) is 2. The van der Waals surface area contributed by atoms with Gasteiger partial charge in [0.15, 0.2) is 0 Å². The molecule has 0 saturated heterocycles. The van der Waals surface area contributed by atoms with Gasteiger partial charge in [0.2, 0.25) is 0 Å². The Labute approximate surface area is 113 Å². The van der Waals surface area contributed by atoms with Gasteiger partial charge in [0, 0.05) is 24.1 Å². The highest BCUT2D eigenvalue weighted by Crippen LogP contribution is 2.30. The van der Waals surface area contributed by atoms with Gasteiger partial charge >= 0.3 is 0 Å². The van der Waals surface area contributed by atoms with Crippen molar-refractivity contribution in [2.24, 2.45) is 0 Å². The molecule has 0 aromatic heterocycles. The van der Waals surface area contributed by atoms with Crippen molar-refractivity contribution in [1.82, 2.24) is 0 Å². The van der Waals surface area contributed by atoms with Crippen LogP contribution in [0, 0.1) is 11.3 Å². The molecule has 0 saturated carbocycles. The molecule has 0 aliphatic rings. The number of thioether (sulfide) groups is 1. The summed E-state index contributed by atoms with van der Waals surface area (Å²) in [5.41, 5.74) is 1.70. The van der Waals surface area contributed by atoms with E-state index in [9.17, 15) is 5.26 Å². The minimum Gasteiger partial charge on any atom is -0.396 e. The lowest BCUT2D eigenvalue weighted by atomic mass is 10.1. The van der Waals surface area contributed by atoms with E-state index in [0.717, 1.165) is 22.7 Å². The van der Waals surface area contributed by atoms with Crippen LogP contribution in [0.25, 0.3) is 0 Å². The molecule has 1 aromatic carbocycles. The maximum absolute atomic E-state index is 9.35. The van der Waals surface area contributed by atoms with Gasteiger partial charge in [-0.25, -0.2) is 0 Å². The number of hydrogen-bond donors (Lipinski definition) is 1. The first kappa shape index (κ1) is 14.9. The van der Waals surface area contributed by atoms with Crippen molar-refractivity contribution in [2.75, 3.05) is 24.3 Å². The van der Waals surface area contributed by atoms with Crippen LogP contribution in [-0.4, -0.2) is 30.6 Å². The lowest BCUT2D eigenvalue weighted by Gasteiger charge is -2.30. The third-order valence-corrected chi connectivity index (χ3v) is 3.61. The van der Waals surface area contributed by atoms with Gasteiger partial charge in [0.25, 0.3) is 0 Å². The molecule has 0 atom stereocenters. The van der Waals surface area contributed by atoms with Crippen molar-refractivity contribution >= 4 is 17.4 Å². The Morgan fingerprint density at radius 2 is 2.17 bits per heavy atom. The second kappa shape index (κ2) is 7.30. The van der Waals surface area contributed by atoms with Gasteiger partial charge in [0.05, 0.1) is 11.3 Å². The number of aliphatic hydroxyl groups excluding tert-OH is 1. The summed E-state index contributed by atoms with van der Waals surface area (Å²) in [7, 11) is 0. The topological polar surface area (TPSA) is 47.3 Å². The van der Waals surface area contributed by atoms with Crippen molar-refractivity contribution in [1.29, 1.82) is 5.26 Å². The number of hydrogen-bond acceptors (Lipinski definition) is 4. The summed E-state index contributed by atoms with van der Waals surface area (Å²) >= 11 is 1.59. The van der Waals surface area contributed by atoms with E-state index in [-0.39, 0.29) is 6.61 Å². The van der Waals surface area contributed by atoms with Crippen LogP contribution >= 0.6 is 11.8 Å². The Balaban J connectivity index is 3.15. The summed E-state index contributed by atoms with van der Waals surface area (Å²) in [6.07, 6.45) is 2.69. The molecule has 0 amide bonds. The maximum Gasteiger partial charge on any atom is 0.103 e. The van der Waals surface area contributed by atoms with Crippen molar-refractivity contribution in [3.63, 3.8) is 0 Å². The van der Waals surface area contributed by atoms with E-state index in [0.29, 0.717) is 12.5 Å². The van der Waals surface area contributed by atoms with E-state index >= 15 is 0 Å². The maximum atomic E-state index is 9.35. The second-order valence-corrected chi connectivity index (χ2v) is 5.18. The fraction of sp³-hybridized carbons (Fsp3) is 0.500. The predicted molar refractivity (Wildman–Crippen MR) is 77.1 cm³/mol. The fourth-order valence-electron chi connectivity index (χ4n) is 1.94. The molecule has 0 aliphatic carbocycles. The quantitative estimate of drug-likeness (QED) is 0.803. The van der Waals surface area contributed by atoms with Crippen molar-refractivity contribution < 1.29 is 5.11 Å². The van der Waals surface area contributed by atoms with Crippen LogP contribution in [-0.2, 0) is 0 Å². The molecule has 98 valence electrons. The molecule has 0 fully saturated rings. The molecule has 0 bridgehead atoms. The minimum atomic E-state index is 0.174. The molecule has 1 N–H and O–H groups in total. The third-order valence-electron chi connectivity index (χ3n) is 2.83. The highest BCUT2D eigenvalue weighted by Gasteiger charge is 2.16. The number of nitriles is 1. The van der Waals surface area contributed by atoms with E-state index in [1.54, 1.807) is 11.8 Å². The summed E-state index contributed by atoms with van der Waals surface area (Å²) in [5, 5.41) is 18.3. The van der Waals surface area contributed by atoms with Crippen molar-refractivity contribution in [3.05, 3.63) is 23.8 Å². The summed E-state index contributed by atoms with van der Waals surface area (Å²) in [6.45, 7) is 5.14. The van der Waals surface area contributed by atoms with Crippen LogP contribution in [0.2, 0.25) is 0 Å². The molecule has 18 heavy (non-hydrogen) atoms. The van der Waals surface area contributed by atoms with Gasteiger partial charge in [0.1, 0.15) is 6.07 Å². The van der Waals surface area contributed by atoms with Crippen molar-refractivity contribution in [3.8, 4) is 6.07 Å². The van der Waals surface area contributed by atoms with Gasteiger partial charge in [-0.3, -0.25) is 0 Å². The Morgan fingerprint density at radius 1 is 1.44 bits per heavy atom. The van der Waals surface area contributed by atoms with E-state index in [1.165, 1.54) is 0 Å². The Hall–Kier alpha value is -1.18. The molecule has 0 aliphatic heterocycles. The van der Waals surface area contributed by atoms with Crippen LogP contribution in [0.4, 0.5) is 5.69 Å². The van der Waals surface area contributed by atoms with Crippen LogP contribution in [0.15, 0.2) is 23.1 Å². The summed E-state index contributed by atoms with van der Waals surface area (Å²) < 4.78 is 0. The van der Waals surface area contributed by atoms with E-state index in [2.05, 4.69) is 24.8 Å². The number of aliphatic hydroxyl groups is 1. The Bertz CT molecular complexity index is 426. The molecule has 3 nitrogen and oxygen atoms in total. The van der Waals surface area contributed by atoms with Gasteiger partial charge in [-0.2, -0.15) is 5.26 Å².